The Kier molecular flexibility index (Phi) is 7.29. The molecule has 1 amide bonds. The van der Waals surface area contributed by atoms with Crippen molar-refractivity contribution in [2.75, 3.05) is 33.2 Å². The molecule has 2 rings (SSSR count). The van der Waals surface area contributed by atoms with E-state index >= 15 is 0 Å². The van der Waals surface area contributed by atoms with Gasteiger partial charge in [0, 0.05) is 12.1 Å². The standard InChI is InChI=1S/C19H23BrN2O4/c1-12(13-5-8-17(25-3)15(20)9-13)21-11-19(23)22-16-7-6-14(24-2)10-18(16)26-4/h5-10,12,21H,11H2,1-4H3,(H,22,23)/t12-/m1/s1. The van der Waals surface area contributed by atoms with Gasteiger partial charge in [0.05, 0.1) is 38.0 Å². The van der Waals surface area contributed by atoms with Crippen molar-refractivity contribution >= 4 is 27.5 Å². The molecule has 140 valence electrons. The number of benzene rings is 2. The van der Waals surface area contributed by atoms with E-state index in [9.17, 15) is 4.79 Å². The van der Waals surface area contributed by atoms with Crippen LogP contribution in [-0.2, 0) is 4.79 Å². The summed E-state index contributed by atoms with van der Waals surface area (Å²) in [6.07, 6.45) is 0. The summed E-state index contributed by atoms with van der Waals surface area (Å²) in [5, 5.41) is 6.04. The Bertz CT molecular complexity index is 767. The van der Waals surface area contributed by atoms with E-state index in [-0.39, 0.29) is 18.5 Å². The molecule has 0 saturated heterocycles. The summed E-state index contributed by atoms with van der Waals surface area (Å²) in [6, 6.07) is 11.1. The lowest BCUT2D eigenvalue weighted by Crippen LogP contribution is -2.30. The molecule has 0 fully saturated rings. The average molecular weight is 423 g/mol. The zero-order valence-corrected chi connectivity index (χ0v) is 16.8. The van der Waals surface area contributed by atoms with Crippen LogP contribution in [-0.4, -0.2) is 33.8 Å². The maximum absolute atomic E-state index is 12.2. The second-order valence-corrected chi connectivity index (χ2v) is 6.47. The Morgan fingerprint density at radius 2 is 1.77 bits per heavy atom. The van der Waals surface area contributed by atoms with Gasteiger partial charge < -0.3 is 24.8 Å². The minimum absolute atomic E-state index is 0.000666. The fourth-order valence-corrected chi connectivity index (χ4v) is 2.97. The number of nitrogens with one attached hydrogen (secondary N) is 2. The van der Waals surface area contributed by atoms with Gasteiger partial charge in [-0.2, -0.15) is 0 Å². The predicted molar refractivity (Wildman–Crippen MR) is 105 cm³/mol. The second-order valence-electron chi connectivity index (χ2n) is 5.61. The third-order valence-electron chi connectivity index (χ3n) is 3.93. The lowest BCUT2D eigenvalue weighted by atomic mass is 10.1. The molecule has 26 heavy (non-hydrogen) atoms. The molecule has 0 bridgehead atoms. The number of ether oxygens (including phenoxy) is 3. The normalized spacial score (nSPS) is 11.6. The molecular formula is C19H23BrN2O4. The molecule has 0 aliphatic carbocycles. The minimum atomic E-state index is -0.159. The molecule has 0 unspecified atom stereocenters. The molecule has 1 atom stereocenters. The Morgan fingerprint density at radius 1 is 1.04 bits per heavy atom. The van der Waals surface area contributed by atoms with Gasteiger partial charge in [-0.3, -0.25) is 4.79 Å². The highest BCUT2D eigenvalue weighted by molar-refractivity contribution is 9.10. The fraction of sp³-hybridized carbons (Fsp3) is 0.316. The number of anilines is 1. The summed E-state index contributed by atoms with van der Waals surface area (Å²) >= 11 is 3.47. The molecule has 0 spiro atoms. The Balaban J connectivity index is 1.95. The zero-order chi connectivity index (χ0) is 19.1. The summed E-state index contributed by atoms with van der Waals surface area (Å²) in [5.74, 6) is 1.82. The molecule has 0 aliphatic rings. The summed E-state index contributed by atoms with van der Waals surface area (Å²) in [5.41, 5.74) is 1.65. The van der Waals surface area contributed by atoms with E-state index in [4.69, 9.17) is 14.2 Å². The van der Waals surface area contributed by atoms with Crippen molar-refractivity contribution < 1.29 is 19.0 Å². The van der Waals surface area contributed by atoms with Crippen LogP contribution < -0.4 is 24.8 Å². The molecule has 2 aromatic rings. The lowest BCUT2D eigenvalue weighted by Gasteiger charge is -2.16. The van der Waals surface area contributed by atoms with E-state index in [1.54, 1.807) is 39.5 Å². The molecule has 2 N–H and O–H groups in total. The molecular weight excluding hydrogens is 400 g/mol. The predicted octanol–water partition coefficient (Wildman–Crippen LogP) is 3.76. The largest absolute Gasteiger partial charge is 0.497 e. The molecule has 6 nitrogen and oxygen atoms in total. The van der Waals surface area contributed by atoms with Crippen molar-refractivity contribution in [3.8, 4) is 17.2 Å². The van der Waals surface area contributed by atoms with E-state index in [0.29, 0.717) is 17.2 Å². The van der Waals surface area contributed by atoms with E-state index in [1.807, 2.05) is 25.1 Å². The van der Waals surface area contributed by atoms with Crippen LogP contribution in [0.25, 0.3) is 0 Å². The summed E-state index contributed by atoms with van der Waals surface area (Å²) in [4.78, 5) is 12.2. The average Bonchev–Trinajstić information content (AvgIpc) is 2.66. The quantitative estimate of drug-likeness (QED) is 0.677. The molecule has 7 heteroatoms. The number of carbonyl (C=O) groups is 1. The smallest absolute Gasteiger partial charge is 0.238 e. The topological polar surface area (TPSA) is 68.8 Å². The van der Waals surface area contributed by atoms with Crippen LogP contribution >= 0.6 is 15.9 Å². The van der Waals surface area contributed by atoms with Gasteiger partial charge in [0.1, 0.15) is 17.2 Å². The monoisotopic (exact) mass is 422 g/mol. The number of hydrogen-bond donors (Lipinski definition) is 2. The van der Waals surface area contributed by atoms with E-state index in [1.165, 1.54) is 0 Å². The SMILES string of the molecule is COc1ccc(NC(=O)CN[C@H](C)c2ccc(OC)c(Br)c2)c(OC)c1. The van der Waals surface area contributed by atoms with Crippen molar-refractivity contribution in [3.63, 3.8) is 0 Å². The van der Waals surface area contributed by atoms with Crippen LogP contribution in [0, 0.1) is 0 Å². The minimum Gasteiger partial charge on any atom is -0.497 e. The van der Waals surface area contributed by atoms with E-state index in [2.05, 4.69) is 26.6 Å². The number of halogens is 1. The van der Waals surface area contributed by atoms with Gasteiger partial charge in [-0.25, -0.2) is 0 Å². The van der Waals surface area contributed by atoms with Gasteiger partial charge in [0.15, 0.2) is 0 Å². The van der Waals surface area contributed by atoms with Crippen molar-refractivity contribution in [2.24, 2.45) is 0 Å². The fourth-order valence-electron chi connectivity index (χ4n) is 2.41. The first kappa shape index (κ1) is 20.1. The third kappa shape index (κ3) is 5.12. The van der Waals surface area contributed by atoms with Crippen LogP contribution in [0.5, 0.6) is 17.2 Å². The second kappa shape index (κ2) is 9.45. The van der Waals surface area contributed by atoms with Crippen molar-refractivity contribution in [3.05, 3.63) is 46.4 Å². The maximum atomic E-state index is 12.2. The molecule has 0 aromatic heterocycles. The number of amides is 1. The lowest BCUT2D eigenvalue weighted by molar-refractivity contribution is -0.115. The molecule has 0 radical (unpaired) electrons. The first-order chi connectivity index (χ1) is 12.5. The van der Waals surface area contributed by atoms with Gasteiger partial charge in [0.25, 0.3) is 0 Å². The number of methoxy groups -OCH3 is 3. The maximum Gasteiger partial charge on any atom is 0.238 e. The Morgan fingerprint density at radius 3 is 2.38 bits per heavy atom. The molecule has 2 aromatic carbocycles. The van der Waals surface area contributed by atoms with Gasteiger partial charge in [-0.1, -0.05) is 6.07 Å². The first-order valence-electron chi connectivity index (χ1n) is 8.07. The van der Waals surface area contributed by atoms with Crippen LogP contribution in [0.1, 0.15) is 18.5 Å². The number of carbonyl (C=O) groups excluding carboxylic acids is 1. The van der Waals surface area contributed by atoms with E-state index < -0.39 is 0 Å². The highest BCUT2D eigenvalue weighted by atomic mass is 79.9. The van der Waals surface area contributed by atoms with Crippen molar-refractivity contribution in [1.29, 1.82) is 0 Å². The Labute approximate surface area is 162 Å². The van der Waals surface area contributed by atoms with E-state index in [0.717, 1.165) is 15.8 Å². The van der Waals surface area contributed by atoms with Crippen LogP contribution in [0.15, 0.2) is 40.9 Å². The highest BCUT2D eigenvalue weighted by Crippen LogP contribution is 2.29. The van der Waals surface area contributed by atoms with Crippen LogP contribution in [0.3, 0.4) is 0 Å². The first-order valence-corrected chi connectivity index (χ1v) is 8.86. The number of hydrogen-bond acceptors (Lipinski definition) is 5. The van der Waals surface area contributed by atoms with Crippen molar-refractivity contribution in [2.45, 2.75) is 13.0 Å². The summed E-state index contributed by atoms with van der Waals surface area (Å²) in [6.45, 7) is 2.16. The molecule has 0 saturated carbocycles. The van der Waals surface area contributed by atoms with Crippen molar-refractivity contribution in [1.82, 2.24) is 5.32 Å². The van der Waals surface area contributed by atoms with Gasteiger partial charge in [-0.05, 0) is 52.7 Å². The van der Waals surface area contributed by atoms with Crippen LogP contribution in [0.2, 0.25) is 0 Å². The highest BCUT2D eigenvalue weighted by Gasteiger charge is 2.12. The van der Waals surface area contributed by atoms with Crippen LogP contribution in [0.4, 0.5) is 5.69 Å². The number of rotatable bonds is 8. The van der Waals surface area contributed by atoms with Gasteiger partial charge in [-0.15, -0.1) is 0 Å². The van der Waals surface area contributed by atoms with Gasteiger partial charge in [0.2, 0.25) is 5.91 Å². The third-order valence-corrected chi connectivity index (χ3v) is 4.55. The summed E-state index contributed by atoms with van der Waals surface area (Å²) in [7, 11) is 4.75. The zero-order valence-electron chi connectivity index (χ0n) is 15.3. The molecule has 0 aliphatic heterocycles. The van der Waals surface area contributed by atoms with Gasteiger partial charge >= 0.3 is 0 Å². The summed E-state index contributed by atoms with van der Waals surface area (Å²) < 4.78 is 16.5. The molecule has 0 heterocycles. The Hall–Kier alpha value is -2.25.